The summed E-state index contributed by atoms with van der Waals surface area (Å²) in [6.07, 6.45) is 9.60. The molecular weight excluding hydrogens is 234 g/mol. The van der Waals surface area contributed by atoms with Gasteiger partial charge in [-0.2, -0.15) is 0 Å². The van der Waals surface area contributed by atoms with E-state index in [9.17, 15) is 4.79 Å². The quantitative estimate of drug-likeness (QED) is 0.683. The van der Waals surface area contributed by atoms with Gasteiger partial charge in [-0.05, 0) is 44.6 Å². The minimum absolute atomic E-state index is 0.365. The van der Waals surface area contributed by atoms with Crippen LogP contribution in [-0.4, -0.2) is 10.4 Å². The Morgan fingerprint density at radius 3 is 2.74 bits per heavy atom. The number of carbonyl (C=O) groups is 1. The van der Waals surface area contributed by atoms with Crippen molar-refractivity contribution < 1.29 is 4.79 Å². The summed E-state index contributed by atoms with van der Waals surface area (Å²) >= 11 is 0. The summed E-state index contributed by atoms with van der Waals surface area (Å²) < 4.78 is 2.53. The van der Waals surface area contributed by atoms with E-state index in [1.807, 2.05) is 0 Å². The van der Waals surface area contributed by atoms with Crippen molar-refractivity contribution >= 4 is 5.78 Å². The Bertz CT molecular complexity index is 486. The predicted octanol–water partition coefficient (Wildman–Crippen LogP) is 4.46. The maximum atomic E-state index is 12.1. The highest BCUT2D eigenvalue weighted by Crippen LogP contribution is 2.37. The number of hydrogen-bond acceptors (Lipinski definition) is 1. The molecule has 104 valence electrons. The van der Waals surface area contributed by atoms with Gasteiger partial charge in [0.2, 0.25) is 0 Å². The fourth-order valence-electron chi connectivity index (χ4n) is 4.07. The first-order valence-electron chi connectivity index (χ1n) is 7.92. The van der Waals surface area contributed by atoms with Crippen molar-refractivity contribution in [3.05, 3.63) is 23.0 Å². The van der Waals surface area contributed by atoms with Crippen LogP contribution in [0.2, 0.25) is 0 Å². The van der Waals surface area contributed by atoms with Crippen molar-refractivity contribution in [3.8, 4) is 0 Å². The van der Waals surface area contributed by atoms with Gasteiger partial charge in [0.25, 0.3) is 0 Å². The largest absolute Gasteiger partial charge is 0.345 e. The molecule has 2 heteroatoms. The topological polar surface area (TPSA) is 22.0 Å². The zero-order valence-electron chi connectivity index (χ0n) is 12.2. The minimum Gasteiger partial charge on any atom is -0.345 e. The Labute approximate surface area is 116 Å². The van der Waals surface area contributed by atoms with Crippen LogP contribution in [0.3, 0.4) is 0 Å². The molecule has 0 N–H and O–H groups in total. The summed E-state index contributed by atoms with van der Waals surface area (Å²) in [7, 11) is 0. The van der Waals surface area contributed by atoms with Gasteiger partial charge in [0.05, 0.1) is 0 Å². The normalized spacial score (nSPS) is 28.0. The number of Topliss-reactive ketones (excluding diaryl/α,β-unsaturated/α-hetero) is 1. The molecule has 0 spiro atoms. The van der Waals surface area contributed by atoms with Crippen molar-refractivity contribution in [1.29, 1.82) is 0 Å². The van der Waals surface area contributed by atoms with Crippen molar-refractivity contribution in [3.63, 3.8) is 0 Å². The van der Waals surface area contributed by atoms with Gasteiger partial charge in [-0.15, -0.1) is 0 Å². The van der Waals surface area contributed by atoms with Crippen molar-refractivity contribution in [2.24, 2.45) is 5.92 Å². The lowest BCUT2D eigenvalue weighted by atomic mass is 9.93. The smallest absolute Gasteiger partial charge is 0.164 e. The van der Waals surface area contributed by atoms with E-state index < -0.39 is 0 Å². The molecule has 1 heterocycles. The van der Waals surface area contributed by atoms with Gasteiger partial charge in [-0.1, -0.05) is 26.2 Å². The Morgan fingerprint density at radius 1 is 1.11 bits per heavy atom. The number of rotatable bonds is 1. The third-order valence-electron chi connectivity index (χ3n) is 5.10. The molecule has 0 bridgehead atoms. The van der Waals surface area contributed by atoms with Crippen LogP contribution in [-0.2, 0) is 6.42 Å². The fraction of sp³-hybridized carbons (Fsp3) is 0.706. The molecule has 19 heavy (non-hydrogen) atoms. The van der Waals surface area contributed by atoms with Crippen LogP contribution >= 0.6 is 0 Å². The molecule has 0 radical (unpaired) electrons. The zero-order valence-corrected chi connectivity index (χ0v) is 12.2. The molecule has 1 saturated carbocycles. The molecule has 0 saturated heterocycles. The number of aryl methyl sites for hydroxylation is 1. The fourth-order valence-corrected chi connectivity index (χ4v) is 4.07. The van der Waals surface area contributed by atoms with E-state index in [0.717, 1.165) is 30.7 Å². The second-order valence-electron chi connectivity index (χ2n) is 6.48. The number of aromatic nitrogens is 1. The maximum Gasteiger partial charge on any atom is 0.164 e. The Balaban J connectivity index is 2.02. The SMILES string of the molecule is Cc1cc2c(n1C1CCCCCC1C)CCCC2=O. The van der Waals surface area contributed by atoms with Gasteiger partial charge in [0.15, 0.2) is 5.78 Å². The molecule has 0 amide bonds. The Hall–Kier alpha value is -1.05. The molecule has 2 unspecified atom stereocenters. The van der Waals surface area contributed by atoms with Gasteiger partial charge in [0.1, 0.15) is 0 Å². The highest BCUT2D eigenvalue weighted by atomic mass is 16.1. The summed E-state index contributed by atoms with van der Waals surface area (Å²) in [6.45, 7) is 4.58. The predicted molar refractivity (Wildman–Crippen MR) is 77.7 cm³/mol. The Morgan fingerprint density at radius 2 is 1.89 bits per heavy atom. The van der Waals surface area contributed by atoms with E-state index in [1.54, 1.807) is 0 Å². The lowest BCUT2D eigenvalue weighted by molar-refractivity contribution is 0.0971. The van der Waals surface area contributed by atoms with Crippen LogP contribution in [0.15, 0.2) is 6.07 Å². The molecule has 2 nitrogen and oxygen atoms in total. The number of fused-ring (bicyclic) bond motifs is 1. The average Bonchev–Trinajstić information content (AvgIpc) is 2.57. The lowest BCUT2D eigenvalue weighted by Gasteiger charge is -2.28. The first kappa shape index (κ1) is 13.0. The monoisotopic (exact) mass is 259 g/mol. The molecule has 0 aliphatic heterocycles. The lowest BCUT2D eigenvalue weighted by Crippen LogP contribution is -2.21. The maximum absolute atomic E-state index is 12.1. The third-order valence-corrected chi connectivity index (χ3v) is 5.10. The molecule has 1 aromatic heterocycles. The van der Waals surface area contributed by atoms with Crippen LogP contribution in [0.25, 0.3) is 0 Å². The van der Waals surface area contributed by atoms with Gasteiger partial charge < -0.3 is 4.57 Å². The van der Waals surface area contributed by atoms with Gasteiger partial charge in [-0.25, -0.2) is 0 Å². The molecule has 1 fully saturated rings. The van der Waals surface area contributed by atoms with E-state index >= 15 is 0 Å². The number of hydrogen-bond donors (Lipinski definition) is 0. The molecule has 2 atom stereocenters. The van der Waals surface area contributed by atoms with Crippen molar-refractivity contribution in [2.45, 2.75) is 71.3 Å². The first-order valence-corrected chi connectivity index (χ1v) is 7.92. The van der Waals surface area contributed by atoms with Crippen LogP contribution < -0.4 is 0 Å². The molecular formula is C17H25NO. The van der Waals surface area contributed by atoms with Crippen molar-refractivity contribution in [2.75, 3.05) is 0 Å². The average molecular weight is 259 g/mol. The van der Waals surface area contributed by atoms with Crippen LogP contribution in [0.4, 0.5) is 0 Å². The highest BCUT2D eigenvalue weighted by molar-refractivity contribution is 5.98. The molecule has 2 aliphatic carbocycles. The molecule has 0 aromatic carbocycles. The first-order chi connectivity index (χ1) is 9.18. The summed E-state index contributed by atoms with van der Waals surface area (Å²) in [5.74, 6) is 1.11. The van der Waals surface area contributed by atoms with E-state index in [1.165, 1.54) is 43.5 Å². The second kappa shape index (κ2) is 5.15. The summed E-state index contributed by atoms with van der Waals surface area (Å²) in [5.41, 5.74) is 3.67. The van der Waals surface area contributed by atoms with Crippen LogP contribution in [0, 0.1) is 12.8 Å². The van der Waals surface area contributed by atoms with Gasteiger partial charge in [-0.3, -0.25) is 4.79 Å². The zero-order chi connectivity index (χ0) is 13.4. The number of ketones is 1. The summed E-state index contributed by atoms with van der Waals surface area (Å²) in [5, 5.41) is 0. The standard InChI is InChI=1S/C17H25NO/c1-12-7-4-3-5-8-15(12)18-13(2)11-14-16(18)9-6-10-17(14)19/h11-12,15H,3-10H2,1-2H3. The molecule has 2 aliphatic rings. The Kier molecular flexibility index (Phi) is 3.51. The van der Waals surface area contributed by atoms with Gasteiger partial charge in [0, 0.05) is 29.4 Å². The number of nitrogens with zero attached hydrogens (tertiary/aromatic N) is 1. The van der Waals surface area contributed by atoms with E-state index in [-0.39, 0.29) is 0 Å². The molecule has 3 rings (SSSR count). The van der Waals surface area contributed by atoms with Crippen molar-refractivity contribution in [1.82, 2.24) is 4.57 Å². The summed E-state index contributed by atoms with van der Waals surface area (Å²) in [6, 6.07) is 2.77. The van der Waals surface area contributed by atoms with Crippen LogP contribution in [0.1, 0.15) is 79.7 Å². The van der Waals surface area contributed by atoms with E-state index in [4.69, 9.17) is 0 Å². The van der Waals surface area contributed by atoms with E-state index in [0.29, 0.717) is 11.8 Å². The second-order valence-corrected chi connectivity index (χ2v) is 6.48. The highest BCUT2D eigenvalue weighted by Gasteiger charge is 2.29. The summed E-state index contributed by atoms with van der Waals surface area (Å²) in [4.78, 5) is 12.1. The van der Waals surface area contributed by atoms with E-state index in [2.05, 4.69) is 24.5 Å². The number of carbonyl (C=O) groups excluding carboxylic acids is 1. The molecule has 1 aromatic rings. The third kappa shape index (κ3) is 2.26. The van der Waals surface area contributed by atoms with Crippen LogP contribution in [0.5, 0.6) is 0 Å². The van der Waals surface area contributed by atoms with Gasteiger partial charge >= 0.3 is 0 Å². The minimum atomic E-state index is 0.365.